The van der Waals surface area contributed by atoms with Crippen LogP contribution in [0, 0.1) is 0 Å². The van der Waals surface area contributed by atoms with Gasteiger partial charge in [0.1, 0.15) is 11.2 Å². The molecule has 0 aliphatic heterocycles. The van der Waals surface area contributed by atoms with Gasteiger partial charge in [-0.15, -0.1) is 0 Å². The quantitative estimate of drug-likeness (QED) is 0.174. The van der Waals surface area contributed by atoms with E-state index in [9.17, 15) is 0 Å². The third-order valence-corrected chi connectivity index (χ3v) is 13.9. The molecule has 0 saturated carbocycles. The van der Waals surface area contributed by atoms with Crippen molar-refractivity contribution in [2.24, 2.45) is 0 Å². The van der Waals surface area contributed by atoms with E-state index in [2.05, 4.69) is 237 Å². The van der Waals surface area contributed by atoms with Crippen molar-refractivity contribution < 1.29 is 4.42 Å². The number of furan rings is 1. The number of aromatic nitrogens is 4. The molecule has 0 spiro atoms. The van der Waals surface area contributed by atoms with Gasteiger partial charge in [-0.1, -0.05) is 115 Å². The van der Waals surface area contributed by atoms with E-state index < -0.39 is 0 Å². The Morgan fingerprint density at radius 3 is 1.05 bits per heavy atom. The minimum absolute atomic E-state index is 0.854. The predicted octanol–water partition coefficient (Wildman–Crippen LogP) is 16.0. The van der Waals surface area contributed by atoms with Gasteiger partial charge in [0, 0.05) is 71.6 Å². The van der Waals surface area contributed by atoms with Crippen LogP contribution >= 0.6 is 0 Å². The van der Waals surface area contributed by atoms with Gasteiger partial charge in [-0.05, 0) is 97.1 Å². The van der Waals surface area contributed by atoms with Crippen molar-refractivity contribution >= 4 is 109 Å². The summed E-state index contributed by atoms with van der Waals surface area (Å²) in [6, 6.07) is 79.4. The summed E-state index contributed by atoms with van der Waals surface area (Å²) in [5.41, 5.74) is 15.6. The van der Waals surface area contributed by atoms with Crippen LogP contribution in [-0.2, 0) is 0 Å². The highest BCUT2D eigenvalue weighted by Crippen LogP contribution is 2.42. The van der Waals surface area contributed by atoms with Crippen molar-refractivity contribution in [3.8, 4) is 22.7 Å². The molecule has 5 nitrogen and oxygen atoms in total. The van der Waals surface area contributed by atoms with Crippen LogP contribution in [-0.4, -0.2) is 18.3 Å². The van der Waals surface area contributed by atoms with Gasteiger partial charge in [0.2, 0.25) is 0 Å². The SMILES string of the molecule is c1cc(-n2c3ccccc3c3cc(-n4c5ccccc5c5ccccc54)ccc32)c2c(c1)oc1cc(-n3c4ccccc4c4cc(-n5c6ccccc6c6ccccc65)ccc43)ccc12. The molecule has 0 saturated heterocycles. The first kappa shape index (κ1) is 34.7. The van der Waals surface area contributed by atoms with E-state index in [1.54, 1.807) is 0 Å². The van der Waals surface area contributed by atoms with Gasteiger partial charge in [0.15, 0.2) is 0 Å². The third kappa shape index (κ3) is 4.71. The Morgan fingerprint density at radius 2 is 0.585 bits per heavy atom. The highest BCUT2D eigenvalue weighted by atomic mass is 16.3. The summed E-state index contributed by atoms with van der Waals surface area (Å²) in [4.78, 5) is 0. The summed E-state index contributed by atoms with van der Waals surface area (Å²) in [7, 11) is 0. The van der Waals surface area contributed by atoms with Crippen molar-refractivity contribution in [1.29, 1.82) is 0 Å². The molecule has 0 amide bonds. The monoisotopic (exact) mass is 828 g/mol. The van der Waals surface area contributed by atoms with Gasteiger partial charge in [0.05, 0.1) is 55.2 Å². The van der Waals surface area contributed by atoms with Crippen LogP contribution in [0.2, 0.25) is 0 Å². The number of fused-ring (bicyclic) bond motifs is 15. The highest BCUT2D eigenvalue weighted by Gasteiger charge is 2.21. The molecule has 5 heterocycles. The fraction of sp³-hybridized carbons (Fsp3) is 0. The summed E-state index contributed by atoms with van der Waals surface area (Å²) in [6.45, 7) is 0. The Hall–Kier alpha value is -8.80. The predicted molar refractivity (Wildman–Crippen MR) is 271 cm³/mol. The second-order valence-corrected chi connectivity index (χ2v) is 17.3. The molecule has 65 heavy (non-hydrogen) atoms. The largest absolute Gasteiger partial charge is 0.456 e. The molecule has 0 fully saturated rings. The van der Waals surface area contributed by atoms with Crippen molar-refractivity contribution in [2.45, 2.75) is 0 Å². The van der Waals surface area contributed by atoms with E-state index in [1.165, 1.54) is 65.2 Å². The molecule has 15 aromatic rings. The summed E-state index contributed by atoms with van der Waals surface area (Å²) in [5.74, 6) is 0. The lowest BCUT2D eigenvalue weighted by molar-refractivity contribution is 0.668. The van der Waals surface area contributed by atoms with Crippen LogP contribution in [0.3, 0.4) is 0 Å². The van der Waals surface area contributed by atoms with Gasteiger partial charge in [-0.25, -0.2) is 0 Å². The van der Waals surface area contributed by atoms with Crippen LogP contribution in [0.4, 0.5) is 0 Å². The van der Waals surface area contributed by atoms with Crippen LogP contribution in [0.5, 0.6) is 0 Å². The van der Waals surface area contributed by atoms with Crippen LogP contribution in [0.25, 0.3) is 132 Å². The molecule has 15 rings (SSSR count). The Balaban J connectivity index is 0.907. The molecule has 0 aliphatic rings. The fourth-order valence-corrected chi connectivity index (χ4v) is 11.3. The highest BCUT2D eigenvalue weighted by molar-refractivity contribution is 6.17. The van der Waals surface area contributed by atoms with Crippen molar-refractivity contribution in [3.63, 3.8) is 0 Å². The van der Waals surface area contributed by atoms with E-state index in [0.717, 1.165) is 66.8 Å². The van der Waals surface area contributed by atoms with Gasteiger partial charge >= 0.3 is 0 Å². The zero-order valence-electron chi connectivity index (χ0n) is 35.0. The standard InChI is InChI=1S/C60H36N4O/c1-7-20-49-40(14-1)41-15-2-8-21-50(41)61(49)37-29-32-55-47(34-37)44-18-5-11-24-53(44)63(55)39-28-31-46-59(36-39)65-58-27-13-26-57(60(46)58)64-54-25-12-6-19-45(54)48-35-38(30-33-56(48)64)62-51-22-9-3-16-42(51)43-17-4-10-23-52(43)62/h1-36H. The Kier molecular flexibility index (Phi) is 6.89. The lowest BCUT2D eigenvalue weighted by atomic mass is 10.1. The van der Waals surface area contributed by atoms with E-state index >= 15 is 0 Å². The van der Waals surface area contributed by atoms with E-state index in [0.29, 0.717) is 0 Å². The fourth-order valence-electron chi connectivity index (χ4n) is 11.3. The minimum Gasteiger partial charge on any atom is -0.456 e. The normalized spacial score (nSPS) is 12.3. The first-order valence-corrected chi connectivity index (χ1v) is 22.3. The number of benzene rings is 10. The first-order chi connectivity index (χ1) is 32.3. The average Bonchev–Trinajstić information content (AvgIpc) is 4.16. The lowest BCUT2D eigenvalue weighted by Gasteiger charge is -2.11. The number of nitrogens with zero attached hydrogens (tertiary/aromatic N) is 4. The zero-order chi connectivity index (χ0) is 42.3. The Bertz CT molecular complexity index is 4380. The summed E-state index contributed by atoms with van der Waals surface area (Å²) in [5, 5.41) is 12.1. The molecular weight excluding hydrogens is 793 g/mol. The number of hydrogen-bond acceptors (Lipinski definition) is 1. The molecule has 0 aliphatic carbocycles. The minimum atomic E-state index is 0.854. The molecule has 0 unspecified atom stereocenters. The van der Waals surface area contributed by atoms with Gasteiger partial charge in [-0.2, -0.15) is 0 Å². The van der Waals surface area contributed by atoms with Crippen molar-refractivity contribution in [3.05, 3.63) is 218 Å². The van der Waals surface area contributed by atoms with Gasteiger partial charge in [0.25, 0.3) is 0 Å². The number of hydrogen-bond donors (Lipinski definition) is 0. The maximum atomic E-state index is 6.84. The maximum absolute atomic E-state index is 6.84. The third-order valence-electron chi connectivity index (χ3n) is 13.9. The lowest BCUT2D eigenvalue weighted by Crippen LogP contribution is -1.96. The van der Waals surface area contributed by atoms with Crippen LogP contribution in [0.15, 0.2) is 223 Å². The smallest absolute Gasteiger partial charge is 0.137 e. The molecule has 10 aromatic carbocycles. The Morgan fingerprint density at radius 1 is 0.231 bits per heavy atom. The maximum Gasteiger partial charge on any atom is 0.137 e. The van der Waals surface area contributed by atoms with Crippen LogP contribution < -0.4 is 0 Å². The van der Waals surface area contributed by atoms with E-state index in [4.69, 9.17) is 4.42 Å². The van der Waals surface area contributed by atoms with Gasteiger partial charge in [-0.3, -0.25) is 0 Å². The van der Waals surface area contributed by atoms with Gasteiger partial charge < -0.3 is 22.7 Å². The molecule has 0 radical (unpaired) electrons. The molecule has 0 bridgehead atoms. The molecular formula is C60H36N4O. The Labute approximate surface area is 371 Å². The van der Waals surface area contributed by atoms with Crippen molar-refractivity contribution in [1.82, 2.24) is 18.3 Å². The first-order valence-electron chi connectivity index (χ1n) is 22.3. The summed E-state index contributed by atoms with van der Waals surface area (Å²) < 4.78 is 16.5. The zero-order valence-corrected chi connectivity index (χ0v) is 35.0. The molecule has 0 N–H and O–H groups in total. The molecule has 0 atom stereocenters. The summed E-state index contributed by atoms with van der Waals surface area (Å²) >= 11 is 0. The topological polar surface area (TPSA) is 32.9 Å². The van der Waals surface area contributed by atoms with Crippen molar-refractivity contribution in [2.75, 3.05) is 0 Å². The van der Waals surface area contributed by atoms with E-state index in [1.807, 2.05) is 0 Å². The molecule has 5 heteroatoms. The van der Waals surface area contributed by atoms with Crippen LogP contribution in [0.1, 0.15) is 0 Å². The summed E-state index contributed by atoms with van der Waals surface area (Å²) in [6.07, 6.45) is 0. The van der Waals surface area contributed by atoms with E-state index in [-0.39, 0.29) is 0 Å². The molecule has 5 aromatic heterocycles. The molecule has 302 valence electrons. The number of rotatable bonds is 4. The average molecular weight is 829 g/mol. The second kappa shape index (κ2) is 12.9. The number of para-hydroxylation sites is 6. The second-order valence-electron chi connectivity index (χ2n) is 17.3.